The highest BCUT2D eigenvalue weighted by Crippen LogP contribution is 2.15. The minimum atomic E-state index is -0.656. The average Bonchev–Trinajstić information content (AvgIpc) is 2.83. The first kappa shape index (κ1) is 10.6. The lowest BCUT2D eigenvalue weighted by molar-refractivity contribution is 0.0996. The maximum absolute atomic E-state index is 11.0. The zero-order chi connectivity index (χ0) is 11.7. The van der Waals surface area contributed by atoms with E-state index in [9.17, 15) is 4.79 Å². The van der Waals surface area contributed by atoms with Gasteiger partial charge in [-0.25, -0.2) is 9.67 Å². The molecule has 1 amide bonds. The van der Waals surface area contributed by atoms with Crippen LogP contribution in [0, 0.1) is 0 Å². The molecule has 7 nitrogen and oxygen atoms in total. The van der Waals surface area contributed by atoms with Crippen molar-refractivity contribution in [2.45, 2.75) is 13.3 Å². The van der Waals surface area contributed by atoms with Crippen molar-refractivity contribution in [1.29, 1.82) is 0 Å². The Labute approximate surface area is 95.3 Å². The van der Waals surface area contributed by atoms with E-state index in [1.807, 2.05) is 6.92 Å². The third-order valence-electron chi connectivity index (χ3n) is 1.95. The molecule has 0 aromatic carbocycles. The lowest BCUT2D eigenvalue weighted by Crippen LogP contribution is -2.13. The molecule has 0 atom stereocenters. The van der Waals surface area contributed by atoms with Crippen molar-refractivity contribution in [3.05, 3.63) is 17.7 Å². The summed E-state index contributed by atoms with van der Waals surface area (Å²) in [4.78, 5) is 15.2. The summed E-state index contributed by atoms with van der Waals surface area (Å²) in [6.07, 6.45) is 2.25. The maximum atomic E-state index is 11.0. The highest BCUT2D eigenvalue weighted by molar-refractivity contribution is 7.08. The Morgan fingerprint density at radius 1 is 1.62 bits per heavy atom. The van der Waals surface area contributed by atoms with Crippen LogP contribution < -0.4 is 11.5 Å². The summed E-state index contributed by atoms with van der Waals surface area (Å²) in [6.45, 7) is 1.96. The van der Waals surface area contributed by atoms with E-state index in [2.05, 4.69) is 14.5 Å². The van der Waals surface area contributed by atoms with Gasteiger partial charge in [0.2, 0.25) is 5.13 Å². The third-order valence-corrected chi connectivity index (χ3v) is 2.69. The molecular weight excluding hydrogens is 228 g/mol. The van der Waals surface area contributed by atoms with Gasteiger partial charge in [0.25, 0.3) is 5.91 Å². The fourth-order valence-corrected chi connectivity index (χ4v) is 1.84. The SMILES string of the molecule is CCc1nsc(-n2cc(N)c(C(N)=O)n2)n1. The monoisotopic (exact) mass is 238 g/mol. The summed E-state index contributed by atoms with van der Waals surface area (Å²) in [5.74, 6) is 0.0752. The number of amides is 1. The van der Waals surface area contributed by atoms with Crippen LogP contribution >= 0.6 is 11.5 Å². The van der Waals surface area contributed by atoms with Gasteiger partial charge >= 0.3 is 0 Å². The number of hydrogen-bond acceptors (Lipinski definition) is 6. The van der Waals surface area contributed by atoms with Gasteiger partial charge in [-0.05, 0) is 0 Å². The van der Waals surface area contributed by atoms with Crippen LogP contribution in [0.25, 0.3) is 5.13 Å². The fraction of sp³-hybridized carbons (Fsp3) is 0.250. The number of nitrogen functional groups attached to an aromatic ring is 1. The molecule has 2 rings (SSSR count). The number of aryl methyl sites for hydroxylation is 1. The zero-order valence-corrected chi connectivity index (χ0v) is 9.36. The van der Waals surface area contributed by atoms with Crippen molar-refractivity contribution >= 4 is 23.1 Å². The molecule has 0 saturated heterocycles. The van der Waals surface area contributed by atoms with Crippen LogP contribution in [0.4, 0.5) is 5.69 Å². The Morgan fingerprint density at radius 2 is 2.38 bits per heavy atom. The van der Waals surface area contributed by atoms with Crippen molar-refractivity contribution in [3.8, 4) is 5.13 Å². The van der Waals surface area contributed by atoms with Gasteiger partial charge in [-0.1, -0.05) is 6.92 Å². The summed E-state index contributed by atoms with van der Waals surface area (Å²) in [5, 5.41) is 4.52. The molecule has 0 saturated carbocycles. The van der Waals surface area contributed by atoms with Crippen molar-refractivity contribution in [3.63, 3.8) is 0 Å². The Hall–Kier alpha value is -1.96. The number of rotatable bonds is 3. The topological polar surface area (TPSA) is 113 Å². The molecule has 0 aliphatic carbocycles. The summed E-state index contributed by atoms with van der Waals surface area (Å²) in [7, 11) is 0. The summed E-state index contributed by atoms with van der Waals surface area (Å²) in [6, 6.07) is 0. The molecule has 0 fully saturated rings. The molecule has 0 aliphatic heterocycles. The van der Waals surface area contributed by atoms with Crippen LogP contribution in [0.2, 0.25) is 0 Å². The summed E-state index contributed by atoms with van der Waals surface area (Å²) < 4.78 is 5.52. The first-order valence-electron chi connectivity index (χ1n) is 4.59. The standard InChI is InChI=1S/C8H10N6OS/c1-2-5-11-8(16-13-5)14-3-4(9)6(12-14)7(10)15/h3H,2,9H2,1H3,(H2,10,15). The van der Waals surface area contributed by atoms with E-state index >= 15 is 0 Å². The van der Waals surface area contributed by atoms with Gasteiger partial charge in [0.15, 0.2) is 5.69 Å². The zero-order valence-electron chi connectivity index (χ0n) is 8.54. The molecule has 8 heteroatoms. The van der Waals surface area contributed by atoms with E-state index in [-0.39, 0.29) is 11.4 Å². The van der Waals surface area contributed by atoms with Gasteiger partial charge in [-0.3, -0.25) is 4.79 Å². The Kier molecular flexibility index (Phi) is 2.57. The number of carbonyl (C=O) groups is 1. The molecule has 2 aromatic heterocycles. The number of aromatic nitrogens is 4. The van der Waals surface area contributed by atoms with Crippen molar-refractivity contribution in [2.75, 3.05) is 5.73 Å². The van der Waals surface area contributed by atoms with Crippen LogP contribution in [0.1, 0.15) is 23.2 Å². The van der Waals surface area contributed by atoms with E-state index in [0.717, 1.165) is 12.2 Å². The molecule has 2 aromatic rings. The number of anilines is 1. The van der Waals surface area contributed by atoms with Gasteiger partial charge in [0.1, 0.15) is 5.82 Å². The smallest absolute Gasteiger partial charge is 0.271 e. The van der Waals surface area contributed by atoms with Crippen molar-refractivity contribution in [1.82, 2.24) is 19.1 Å². The number of nitrogens with zero attached hydrogens (tertiary/aromatic N) is 4. The Bertz CT molecular complexity index is 530. The quantitative estimate of drug-likeness (QED) is 0.779. The largest absolute Gasteiger partial charge is 0.396 e. The van der Waals surface area contributed by atoms with Gasteiger partial charge in [0.05, 0.1) is 11.9 Å². The van der Waals surface area contributed by atoms with Gasteiger partial charge in [0, 0.05) is 18.0 Å². The molecule has 4 N–H and O–H groups in total. The lowest BCUT2D eigenvalue weighted by Gasteiger charge is -1.91. The maximum Gasteiger partial charge on any atom is 0.271 e. The number of hydrogen-bond donors (Lipinski definition) is 2. The highest BCUT2D eigenvalue weighted by atomic mass is 32.1. The first-order valence-corrected chi connectivity index (χ1v) is 5.37. The average molecular weight is 238 g/mol. The van der Waals surface area contributed by atoms with Gasteiger partial charge in [-0.2, -0.15) is 9.47 Å². The highest BCUT2D eigenvalue weighted by Gasteiger charge is 2.14. The molecule has 0 aliphatic rings. The molecule has 0 bridgehead atoms. The molecule has 16 heavy (non-hydrogen) atoms. The molecule has 0 spiro atoms. The molecular formula is C8H10N6OS. The van der Waals surface area contributed by atoms with E-state index < -0.39 is 5.91 Å². The van der Waals surface area contributed by atoms with Gasteiger partial charge in [-0.15, -0.1) is 0 Å². The predicted octanol–water partition coefficient (Wildman–Crippen LogP) is -0.0327. The van der Waals surface area contributed by atoms with E-state index in [1.165, 1.54) is 22.4 Å². The Morgan fingerprint density at radius 3 is 2.88 bits per heavy atom. The second-order valence-corrected chi connectivity index (χ2v) is 3.82. The summed E-state index contributed by atoms with van der Waals surface area (Å²) in [5.41, 5.74) is 11.0. The van der Waals surface area contributed by atoms with Crippen LogP contribution in [0.5, 0.6) is 0 Å². The number of primary amides is 1. The molecule has 0 unspecified atom stereocenters. The van der Waals surface area contributed by atoms with Crippen LogP contribution in [0.3, 0.4) is 0 Å². The molecule has 0 radical (unpaired) electrons. The van der Waals surface area contributed by atoms with Crippen LogP contribution in [-0.2, 0) is 6.42 Å². The first-order chi connectivity index (χ1) is 7.61. The van der Waals surface area contributed by atoms with E-state index in [0.29, 0.717) is 5.13 Å². The fourth-order valence-electron chi connectivity index (χ4n) is 1.16. The second kappa shape index (κ2) is 3.89. The van der Waals surface area contributed by atoms with Crippen molar-refractivity contribution in [2.24, 2.45) is 5.73 Å². The van der Waals surface area contributed by atoms with Gasteiger partial charge < -0.3 is 11.5 Å². The minimum absolute atomic E-state index is 0.0493. The van der Waals surface area contributed by atoms with Crippen LogP contribution in [-0.4, -0.2) is 25.0 Å². The van der Waals surface area contributed by atoms with E-state index in [1.54, 1.807) is 0 Å². The number of nitrogens with two attached hydrogens (primary N) is 2. The molecule has 84 valence electrons. The Balaban J connectivity index is 2.41. The number of carbonyl (C=O) groups excluding carboxylic acids is 1. The second-order valence-electron chi connectivity index (χ2n) is 3.09. The molecule has 2 heterocycles. The minimum Gasteiger partial charge on any atom is -0.396 e. The van der Waals surface area contributed by atoms with E-state index in [4.69, 9.17) is 11.5 Å². The third kappa shape index (κ3) is 1.74. The predicted molar refractivity (Wildman–Crippen MR) is 59.3 cm³/mol. The van der Waals surface area contributed by atoms with Crippen LogP contribution in [0.15, 0.2) is 6.20 Å². The lowest BCUT2D eigenvalue weighted by atomic mass is 10.4. The summed E-state index contributed by atoms with van der Waals surface area (Å²) >= 11 is 1.19. The normalized spacial score (nSPS) is 10.6. The van der Waals surface area contributed by atoms with Crippen molar-refractivity contribution < 1.29 is 4.79 Å².